The molecule has 1 fully saturated rings. The molecule has 1 heterocycles. The molecule has 0 amide bonds. The van der Waals surface area contributed by atoms with E-state index in [1.54, 1.807) is 0 Å². The molecule has 1 saturated heterocycles. The van der Waals surface area contributed by atoms with E-state index in [4.69, 9.17) is 9.47 Å². The van der Waals surface area contributed by atoms with Crippen LogP contribution in [0.3, 0.4) is 0 Å². The van der Waals surface area contributed by atoms with Crippen molar-refractivity contribution < 1.29 is 9.47 Å². The Labute approximate surface area is 91.2 Å². The fourth-order valence-corrected chi connectivity index (χ4v) is 2.02. The van der Waals surface area contributed by atoms with Crippen LogP contribution in [0.25, 0.3) is 0 Å². The van der Waals surface area contributed by atoms with Crippen LogP contribution in [0.5, 0.6) is 0 Å². The Bertz CT molecular complexity index is 311. The van der Waals surface area contributed by atoms with Crippen molar-refractivity contribution in [1.82, 2.24) is 0 Å². The number of hydrogen-bond donors (Lipinski definition) is 0. The Kier molecular flexibility index (Phi) is 2.81. The molecule has 15 heavy (non-hydrogen) atoms. The van der Waals surface area contributed by atoms with Crippen LogP contribution in [0.4, 0.5) is 0 Å². The van der Waals surface area contributed by atoms with Gasteiger partial charge >= 0.3 is 0 Å². The van der Waals surface area contributed by atoms with Crippen LogP contribution in [0, 0.1) is 0 Å². The average Bonchev–Trinajstić information content (AvgIpc) is 2.57. The zero-order chi connectivity index (χ0) is 10.9. The summed E-state index contributed by atoms with van der Waals surface area (Å²) in [5.41, 5.74) is 1.11. The van der Waals surface area contributed by atoms with Crippen LogP contribution in [0.1, 0.15) is 32.8 Å². The van der Waals surface area contributed by atoms with Crippen LogP contribution in [-0.4, -0.2) is 12.2 Å². The molecule has 1 aliphatic heterocycles. The van der Waals surface area contributed by atoms with E-state index < -0.39 is 5.79 Å². The lowest BCUT2D eigenvalue weighted by Gasteiger charge is -2.27. The van der Waals surface area contributed by atoms with Crippen molar-refractivity contribution in [3.05, 3.63) is 35.9 Å². The topological polar surface area (TPSA) is 18.5 Å². The molecular formula is C13H18O2. The van der Waals surface area contributed by atoms with Gasteiger partial charge in [-0.25, -0.2) is 0 Å². The summed E-state index contributed by atoms with van der Waals surface area (Å²) in [5, 5.41) is 0. The van der Waals surface area contributed by atoms with E-state index in [1.807, 2.05) is 18.2 Å². The fourth-order valence-electron chi connectivity index (χ4n) is 2.02. The van der Waals surface area contributed by atoms with Crippen molar-refractivity contribution in [2.45, 2.75) is 45.2 Å². The van der Waals surface area contributed by atoms with Crippen molar-refractivity contribution in [2.24, 2.45) is 0 Å². The lowest BCUT2D eigenvalue weighted by Crippen LogP contribution is -2.26. The Morgan fingerprint density at radius 3 is 2.07 bits per heavy atom. The van der Waals surface area contributed by atoms with Gasteiger partial charge in [0.2, 0.25) is 0 Å². The first-order valence-corrected chi connectivity index (χ1v) is 5.59. The highest BCUT2D eigenvalue weighted by molar-refractivity contribution is 5.21. The molecule has 82 valence electrons. The first kappa shape index (κ1) is 10.7. The fraction of sp³-hybridized carbons (Fsp3) is 0.538. The predicted molar refractivity (Wildman–Crippen MR) is 59.5 cm³/mol. The predicted octanol–water partition coefficient (Wildman–Crippen LogP) is 3.07. The Hall–Kier alpha value is -0.860. The van der Waals surface area contributed by atoms with Crippen molar-refractivity contribution >= 4 is 0 Å². The van der Waals surface area contributed by atoms with Crippen molar-refractivity contribution in [3.63, 3.8) is 0 Å². The highest BCUT2D eigenvalue weighted by Crippen LogP contribution is 2.39. The highest BCUT2D eigenvalue weighted by atomic mass is 16.8. The van der Waals surface area contributed by atoms with E-state index in [1.165, 1.54) is 0 Å². The quantitative estimate of drug-likeness (QED) is 0.740. The minimum atomic E-state index is -0.528. The maximum Gasteiger partial charge on any atom is 0.195 e. The molecule has 0 N–H and O–H groups in total. The largest absolute Gasteiger partial charge is 0.340 e. The van der Waals surface area contributed by atoms with Gasteiger partial charge in [-0.2, -0.15) is 0 Å². The maximum atomic E-state index is 5.97. The third-order valence-electron chi connectivity index (χ3n) is 3.09. The summed E-state index contributed by atoms with van der Waals surface area (Å²) < 4.78 is 11.9. The molecule has 0 aliphatic carbocycles. The minimum Gasteiger partial charge on any atom is -0.340 e. The van der Waals surface area contributed by atoms with Crippen LogP contribution < -0.4 is 0 Å². The van der Waals surface area contributed by atoms with Crippen LogP contribution in [0.2, 0.25) is 0 Å². The van der Waals surface area contributed by atoms with E-state index in [2.05, 4.69) is 32.9 Å². The normalized spacial score (nSPS) is 35.7. The Balaban J connectivity index is 2.32. The molecule has 2 rings (SSSR count). The third kappa shape index (κ3) is 1.80. The zero-order valence-electron chi connectivity index (χ0n) is 9.57. The summed E-state index contributed by atoms with van der Waals surface area (Å²) in [6.45, 7) is 6.22. The summed E-state index contributed by atoms with van der Waals surface area (Å²) in [6, 6.07) is 10.2. The molecule has 2 nitrogen and oxygen atoms in total. The molecule has 1 aliphatic rings. The molecular weight excluding hydrogens is 188 g/mol. The summed E-state index contributed by atoms with van der Waals surface area (Å²) in [6.07, 6.45) is 1.15. The van der Waals surface area contributed by atoms with Crippen molar-refractivity contribution in [2.75, 3.05) is 0 Å². The number of rotatable bonds is 2. The molecule has 0 spiro atoms. The number of ether oxygens (including phenoxy) is 2. The van der Waals surface area contributed by atoms with E-state index in [9.17, 15) is 0 Å². The lowest BCUT2D eigenvalue weighted by atomic mass is 10.0. The van der Waals surface area contributed by atoms with E-state index in [0.717, 1.165) is 12.0 Å². The Morgan fingerprint density at radius 2 is 1.60 bits per heavy atom. The molecule has 1 aromatic carbocycles. The molecule has 3 atom stereocenters. The Morgan fingerprint density at radius 1 is 1.07 bits per heavy atom. The van der Waals surface area contributed by atoms with E-state index in [0.29, 0.717) is 0 Å². The third-order valence-corrected chi connectivity index (χ3v) is 3.09. The van der Waals surface area contributed by atoms with Crippen LogP contribution in [0.15, 0.2) is 30.3 Å². The molecule has 2 heteroatoms. The van der Waals surface area contributed by atoms with Gasteiger partial charge < -0.3 is 9.47 Å². The first-order chi connectivity index (χ1) is 7.18. The summed E-state index contributed by atoms with van der Waals surface area (Å²) >= 11 is 0. The molecule has 0 radical (unpaired) electrons. The second-order valence-corrected chi connectivity index (χ2v) is 4.12. The zero-order valence-corrected chi connectivity index (χ0v) is 9.57. The smallest absolute Gasteiger partial charge is 0.195 e. The molecule has 0 aromatic heterocycles. The van der Waals surface area contributed by atoms with Gasteiger partial charge in [-0.15, -0.1) is 0 Å². The first-order valence-electron chi connectivity index (χ1n) is 5.59. The van der Waals surface area contributed by atoms with Crippen LogP contribution in [-0.2, 0) is 15.3 Å². The second kappa shape index (κ2) is 3.95. The van der Waals surface area contributed by atoms with Gasteiger partial charge in [0.25, 0.3) is 0 Å². The van der Waals surface area contributed by atoms with Gasteiger partial charge in [-0.1, -0.05) is 37.3 Å². The monoisotopic (exact) mass is 206 g/mol. The van der Waals surface area contributed by atoms with Crippen molar-refractivity contribution in [1.29, 1.82) is 0 Å². The second-order valence-electron chi connectivity index (χ2n) is 4.12. The van der Waals surface area contributed by atoms with Gasteiger partial charge in [-0.05, 0) is 13.8 Å². The summed E-state index contributed by atoms with van der Waals surface area (Å²) in [7, 11) is 0. The van der Waals surface area contributed by atoms with Gasteiger partial charge in [0.05, 0.1) is 12.2 Å². The van der Waals surface area contributed by atoms with Crippen molar-refractivity contribution in [3.8, 4) is 0 Å². The molecule has 0 saturated carbocycles. The van der Waals surface area contributed by atoms with E-state index >= 15 is 0 Å². The summed E-state index contributed by atoms with van der Waals surface area (Å²) in [5.74, 6) is -0.528. The average molecular weight is 206 g/mol. The van der Waals surface area contributed by atoms with Gasteiger partial charge in [0.15, 0.2) is 5.79 Å². The lowest BCUT2D eigenvalue weighted by molar-refractivity contribution is -0.183. The van der Waals surface area contributed by atoms with E-state index in [-0.39, 0.29) is 12.2 Å². The maximum absolute atomic E-state index is 5.97. The molecule has 0 bridgehead atoms. The standard InChI is InChI=1S/C13H18O2/c1-4-13(12-8-6-5-7-9-12)14-10(2)11(3)15-13/h5-11H,4H2,1-3H3/t10-,11+,13?. The SMILES string of the molecule is CCC1(c2ccccc2)O[C@@H](C)[C@@H](C)O1. The van der Waals surface area contributed by atoms with Gasteiger partial charge in [0, 0.05) is 12.0 Å². The van der Waals surface area contributed by atoms with Gasteiger partial charge in [-0.3, -0.25) is 0 Å². The van der Waals surface area contributed by atoms with Crippen LogP contribution >= 0.6 is 0 Å². The molecule has 1 aromatic rings. The molecule has 1 unspecified atom stereocenters. The number of benzene rings is 1. The van der Waals surface area contributed by atoms with Gasteiger partial charge in [0.1, 0.15) is 0 Å². The highest BCUT2D eigenvalue weighted by Gasteiger charge is 2.43. The summed E-state index contributed by atoms with van der Waals surface area (Å²) in [4.78, 5) is 0. The number of hydrogen-bond acceptors (Lipinski definition) is 2. The minimum absolute atomic E-state index is 0.158.